The first-order valence-electron chi connectivity index (χ1n) is 10.9. The average molecular weight is 435 g/mol. The van der Waals surface area contributed by atoms with E-state index in [4.69, 9.17) is 9.47 Å². The van der Waals surface area contributed by atoms with Gasteiger partial charge in [-0.05, 0) is 51.7 Å². The van der Waals surface area contributed by atoms with Crippen LogP contribution in [0.5, 0.6) is 5.75 Å². The number of unbranched alkanes of at least 4 members (excludes halogenated alkanes) is 1. The van der Waals surface area contributed by atoms with Gasteiger partial charge >= 0.3 is 5.97 Å². The monoisotopic (exact) mass is 434 g/mol. The average Bonchev–Trinajstić information content (AvgIpc) is 3.12. The number of aromatic nitrogens is 2. The quantitative estimate of drug-likeness (QED) is 0.368. The molecule has 1 unspecified atom stereocenters. The van der Waals surface area contributed by atoms with Crippen molar-refractivity contribution < 1.29 is 23.8 Å². The van der Waals surface area contributed by atoms with Crippen LogP contribution in [0.4, 0.5) is 0 Å². The molecule has 0 N–H and O–H groups in total. The number of hydrogen-bond donors (Lipinski definition) is 0. The number of nitrogens with zero attached hydrogens (tertiary/aromatic N) is 2. The van der Waals surface area contributed by atoms with Crippen molar-refractivity contribution >= 4 is 23.3 Å². The molecule has 0 bridgehead atoms. The second-order valence-corrected chi connectivity index (χ2v) is 8.55. The second-order valence-electron chi connectivity index (χ2n) is 8.55. The lowest BCUT2D eigenvalue weighted by atomic mass is 9.97. The fourth-order valence-corrected chi connectivity index (χ4v) is 3.34. The number of benzene rings is 1. The van der Waals surface area contributed by atoms with E-state index in [-0.39, 0.29) is 5.60 Å². The smallest absolute Gasteiger partial charge is 0.341 e. The number of esters is 1. The van der Waals surface area contributed by atoms with Crippen molar-refractivity contribution in [3.8, 4) is 5.75 Å². The van der Waals surface area contributed by atoms with Crippen LogP contribution in [-0.2, 0) is 20.8 Å². The van der Waals surface area contributed by atoms with Crippen LogP contribution in [0, 0.1) is 5.92 Å². The van der Waals surface area contributed by atoms with Gasteiger partial charge in [0.15, 0.2) is 0 Å². The van der Waals surface area contributed by atoms with Gasteiger partial charge in [0.1, 0.15) is 16.9 Å². The van der Waals surface area contributed by atoms with Gasteiger partial charge in [-0.15, -0.1) is 0 Å². The van der Waals surface area contributed by atoms with E-state index in [1.807, 2.05) is 37.7 Å². The predicted molar refractivity (Wildman–Crippen MR) is 122 cm³/mol. The van der Waals surface area contributed by atoms with Gasteiger partial charge < -0.3 is 14.2 Å². The number of rotatable bonds is 10. The first-order valence-corrected chi connectivity index (χ1v) is 10.9. The molecule has 1 heterocycles. The molecular weight excluding hydrogens is 396 g/mol. The van der Waals surface area contributed by atoms with Gasteiger partial charge in [-0.25, -0.2) is 4.79 Å². The summed E-state index contributed by atoms with van der Waals surface area (Å²) in [7, 11) is 2.94. The maximum absolute atomic E-state index is 11.9. The Bertz CT molecular complexity index is 823. The van der Waals surface area contributed by atoms with Crippen LogP contribution in [0.3, 0.4) is 0 Å². The molecule has 0 aliphatic heterocycles. The summed E-state index contributed by atoms with van der Waals surface area (Å²) >= 11 is 0. The topological polar surface area (TPSA) is 79.7 Å². The summed E-state index contributed by atoms with van der Waals surface area (Å²) < 4.78 is 16.8. The lowest BCUT2D eigenvalue weighted by Crippen LogP contribution is -2.17. The summed E-state index contributed by atoms with van der Waals surface area (Å²) in [5.41, 5.74) is 0.954. The van der Waals surface area contributed by atoms with Crippen molar-refractivity contribution in [2.45, 2.75) is 78.9 Å². The van der Waals surface area contributed by atoms with E-state index < -0.39 is 5.97 Å². The molecule has 1 atom stereocenters. The van der Waals surface area contributed by atoms with E-state index in [0.29, 0.717) is 23.7 Å². The van der Waals surface area contributed by atoms with Crippen molar-refractivity contribution in [1.29, 1.82) is 0 Å². The van der Waals surface area contributed by atoms with Crippen molar-refractivity contribution in [1.82, 2.24) is 9.78 Å². The molecule has 0 saturated carbocycles. The molecule has 7 heteroatoms. The Morgan fingerprint density at radius 1 is 1.16 bits per heavy atom. The third-order valence-electron chi connectivity index (χ3n) is 4.81. The number of methoxy groups -OCH3 is 2. The third kappa shape index (κ3) is 8.59. The molecule has 0 spiro atoms. The van der Waals surface area contributed by atoms with Crippen molar-refractivity contribution in [2.75, 3.05) is 14.2 Å². The molecule has 0 aliphatic rings. The van der Waals surface area contributed by atoms with Crippen LogP contribution >= 0.6 is 0 Å². The summed E-state index contributed by atoms with van der Waals surface area (Å²) in [5, 5.41) is 5.52. The molecule has 174 valence electrons. The summed E-state index contributed by atoms with van der Waals surface area (Å²) in [6.07, 6.45) is 8.07. The molecule has 1 aromatic carbocycles. The van der Waals surface area contributed by atoms with Gasteiger partial charge in [-0.1, -0.05) is 33.1 Å². The summed E-state index contributed by atoms with van der Waals surface area (Å²) in [5.74, 6) is 0.773. The maximum atomic E-state index is 11.9. The van der Waals surface area contributed by atoms with E-state index in [2.05, 4.69) is 23.7 Å². The van der Waals surface area contributed by atoms with Gasteiger partial charge in [0.05, 0.1) is 25.1 Å². The molecule has 0 aliphatic carbocycles. The molecule has 0 radical (unpaired) electrons. The zero-order valence-electron chi connectivity index (χ0n) is 20.1. The lowest BCUT2D eigenvalue weighted by Gasteiger charge is -2.15. The first-order chi connectivity index (χ1) is 14.7. The zero-order valence-corrected chi connectivity index (χ0v) is 20.1. The normalized spacial score (nSPS) is 12.0. The highest BCUT2D eigenvalue weighted by Crippen LogP contribution is 2.30. The Kier molecular flexibility index (Phi) is 11.1. The second kappa shape index (κ2) is 13.0. The highest BCUT2D eigenvalue weighted by molar-refractivity contribution is 6.00. The first kappa shape index (κ1) is 26.5. The standard InChI is InChI=1S/C19H28N2O3.C5H10O2/c1-5-7-9-14(8-6-2)12-21-13-16-17(20-21)11-10-15(18(16)23-3)19(22)24-4;1-5(2,3)7-4-6/h10-11,13-14H,5-9,12H2,1-4H3;4H,1-3H3. The molecule has 0 fully saturated rings. The minimum Gasteiger partial charge on any atom is -0.495 e. The molecular formula is C24H38N2O5. The zero-order chi connectivity index (χ0) is 23.4. The number of carbonyl (C=O) groups excluding carboxylic acids is 2. The van der Waals surface area contributed by atoms with E-state index in [1.54, 1.807) is 13.2 Å². The van der Waals surface area contributed by atoms with Crippen LogP contribution in [0.1, 0.15) is 77.1 Å². The fourth-order valence-electron chi connectivity index (χ4n) is 3.34. The Labute approximate surface area is 186 Å². The van der Waals surface area contributed by atoms with Crippen LogP contribution in [0.2, 0.25) is 0 Å². The van der Waals surface area contributed by atoms with Crippen LogP contribution in [-0.4, -0.2) is 42.0 Å². The van der Waals surface area contributed by atoms with E-state index in [9.17, 15) is 9.59 Å². The summed E-state index contributed by atoms with van der Waals surface area (Å²) in [6, 6.07) is 3.56. The maximum Gasteiger partial charge on any atom is 0.341 e. The molecule has 0 saturated heterocycles. The van der Waals surface area contributed by atoms with Crippen molar-refractivity contribution in [2.24, 2.45) is 5.92 Å². The minimum absolute atomic E-state index is 0.318. The van der Waals surface area contributed by atoms with Gasteiger partial charge in [-0.3, -0.25) is 9.48 Å². The highest BCUT2D eigenvalue weighted by Gasteiger charge is 2.18. The molecule has 2 aromatic rings. The number of carbonyl (C=O) groups is 2. The predicted octanol–water partition coefficient (Wildman–Crippen LogP) is 5.40. The molecule has 2 rings (SSSR count). The highest BCUT2D eigenvalue weighted by atomic mass is 16.5. The molecule has 0 amide bonds. The van der Waals surface area contributed by atoms with Gasteiger partial charge in [0.25, 0.3) is 6.47 Å². The molecule has 1 aromatic heterocycles. The Balaban J connectivity index is 0.000000592. The Morgan fingerprint density at radius 3 is 2.35 bits per heavy atom. The van der Waals surface area contributed by atoms with E-state index >= 15 is 0 Å². The largest absolute Gasteiger partial charge is 0.495 e. The summed E-state index contributed by atoms with van der Waals surface area (Å²) in [6.45, 7) is 11.3. The summed E-state index contributed by atoms with van der Waals surface area (Å²) in [4.78, 5) is 21.5. The minimum atomic E-state index is -0.395. The van der Waals surface area contributed by atoms with Gasteiger partial charge in [-0.2, -0.15) is 5.10 Å². The van der Waals surface area contributed by atoms with Crippen molar-refractivity contribution in [3.05, 3.63) is 23.9 Å². The fraction of sp³-hybridized carbons (Fsp3) is 0.625. The van der Waals surface area contributed by atoms with E-state index in [0.717, 1.165) is 17.4 Å². The van der Waals surface area contributed by atoms with Gasteiger partial charge in [0, 0.05) is 12.7 Å². The lowest BCUT2D eigenvalue weighted by molar-refractivity contribution is -0.138. The van der Waals surface area contributed by atoms with Crippen LogP contribution < -0.4 is 4.74 Å². The van der Waals surface area contributed by atoms with Gasteiger partial charge in [0.2, 0.25) is 0 Å². The number of ether oxygens (including phenoxy) is 3. The van der Waals surface area contributed by atoms with Crippen LogP contribution in [0.15, 0.2) is 18.3 Å². The molecule has 7 nitrogen and oxygen atoms in total. The van der Waals surface area contributed by atoms with Crippen LogP contribution in [0.25, 0.3) is 10.9 Å². The van der Waals surface area contributed by atoms with Crippen molar-refractivity contribution in [3.63, 3.8) is 0 Å². The number of hydrogen-bond acceptors (Lipinski definition) is 6. The Hall–Kier alpha value is -2.57. The Morgan fingerprint density at radius 2 is 1.87 bits per heavy atom. The number of fused-ring (bicyclic) bond motifs is 1. The third-order valence-corrected chi connectivity index (χ3v) is 4.81. The molecule has 31 heavy (non-hydrogen) atoms. The van der Waals surface area contributed by atoms with E-state index in [1.165, 1.54) is 39.2 Å². The SMILES string of the molecule is CC(C)(C)OC=O.CCCCC(CCC)Cn1cc2c(OC)c(C(=O)OC)ccc2n1.